The molecule has 1 aliphatic heterocycles. The SMILES string of the molecule is COc1ccccc1CNc1ncc(C#N)c(NC[C@]23CC4C[C@H](C2)[C@@H](N2CC(CO)(CO)C2)[C@@H](C4)C3)n1. The number of methoxy groups -OCH3 is 1. The Labute approximate surface area is 224 Å². The third-order valence-electron chi connectivity index (χ3n) is 9.69. The molecule has 1 saturated heterocycles. The lowest BCUT2D eigenvalue weighted by Crippen LogP contribution is -2.69. The number of ether oxygens (including phenoxy) is 1. The maximum absolute atomic E-state index is 9.76. The van der Waals surface area contributed by atoms with Crippen LogP contribution in [0.15, 0.2) is 30.5 Å². The van der Waals surface area contributed by atoms with Gasteiger partial charge in [0.15, 0.2) is 0 Å². The molecule has 38 heavy (non-hydrogen) atoms. The number of aliphatic hydroxyl groups is 2. The van der Waals surface area contributed by atoms with Gasteiger partial charge in [0, 0.05) is 43.2 Å². The first kappa shape index (κ1) is 25.4. The Bertz CT molecular complexity index is 1190. The number of para-hydroxylation sites is 1. The van der Waals surface area contributed by atoms with E-state index in [1.807, 2.05) is 24.3 Å². The number of nitrogens with one attached hydrogen (secondary N) is 2. The second-order valence-corrected chi connectivity index (χ2v) is 12.3. The van der Waals surface area contributed by atoms with E-state index in [-0.39, 0.29) is 24.0 Å². The molecular formula is C29H38N6O3. The van der Waals surface area contributed by atoms with Gasteiger partial charge in [-0.15, -0.1) is 0 Å². The maximum Gasteiger partial charge on any atom is 0.224 e. The van der Waals surface area contributed by atoms with Gasteiger partial charge < -0.3 is 25.6 Å². The van der Waals surface area contributed by atoms with Crippen molar-refractivity contribution >= 4 is 11.8 Å². The van der Waals surface area contributed by atoms with E-state index in [0.29, 0.717) is 41.8 Å². The highest BCUT2D eigenvalue weighted by atomic mass is 16.5. The van der Waals surface area contributed by atoms with Crippen LogP contribution in [-0.4, -0.2) is 71.1 Å². The van der Waals surface area contributed by atoms with Gasteiger partial charge >= 0.3 is 0 Å². The Balaban J connectivity index is 1.12. The first-order chi connectivity index (χ1) is 18.5. The van der Waals surface area contributed by atoms with Crippen LogP contribution < -0.4 is 15.4 Å². The number of aromatic nitrogens is 2. The van der Waals surface area contributed by atoms with Crippen LogP contribution in [0.2, 0.25) is 0 Å². The van der Waals surface area contributed by atoms with Crippen molar-refractivity contribution in [3.05, 3.63) is 41.6 Å². The molecule has 7 rings (SSSR count). The van der Waals surface area contributed by atoms with Gasteiger partial charge in [0.05, 0.1) is 26.5 Å². The Hall–Kier alpha value is -2.93. The molecule has 9 heteroatoms. The third kappa shape index (κ3) is 4.49. The van der Waals surface area contributed by atoms with E-state index in [1.165, 1.54) is 32.1 Å². The van der Waals surface area contributed by atoms with Crippen LogP contribution in [-0.2, 0) is 6.54 Å². The molecule has 2 heterocycles. The fraction of sp³-hybridized carbons (Fsp3) is 0.621. The fourth-order valence-corrected chi connectivity index (χ4v) is 8.23. The summed E-state index contributed by atoms with van der Waals surface area (Å²) in [5, 5.41) is 36.1. The van der Waals surface area contributed by atoms with Crippen LogP contribution >= 0.6 is 0 Å². The van der Waals surface area contributed by atoms with Crippen LogP contribution in [0.5, 0.6) is 5.75 Å². The Morgan fingerprint density at radius 3 is 2.53 bits per heavy atom. The zero-order valence-corrected chi connectivity index (χ0v) is 22.1. The van der Waals surface area contributed by atoms with Gasteiger partial charge in [0.1, 0.15) is 23.2 Å². The average molecular weight is 519 g/mol. The van der Waals surface area contributed by atoms with Crippen LogP contribution in [0.25, 0.3) is 0 Å². The summed E-state index contributed by atoms with van der Waals surface area (Å²) in [6.45, 7) is 3.09. The van der Waals surface area contributed by atoms with E-state index in [4.69, 9.17) is 4.74 Å². The van der Waals surface area contributed by atoms with Crippen molar-refractivity contribution in [2.24, 2.45) is 28.6 Å². The minimum atomic E-state index is -0.313. The average Bonchev–Trinajstić information content (AvgIpc) is 2.91. The van der Waals surface area contributed by atoms with Crippen LogP contribution in [0, 0.1) is 39.9 Å². The van der Waals surface area contributed by atoms with Crippen molar-refractivity contribution in [3.8, 4) is 11.8 Å². The standard InChI is InChI=1S/C29H38N6O3/c1-38-24-5-3-2-4-20(24)12-31-27-32-13-23(11-30)26(34-27)33-14-28-8-19-6-21(9-28)25(22(7-19)10-28)35-15-29(16-35,17-36)18-37/h2-5,13,19,21-22,25,36-37H,6-10,12,14-18H2,1H3,(H2,31,32,33,34)/t19?,21-,22+,25-,28-. The number of aliphatic hydroxyl groups excluding tert-OH is 2. The largest absolute Gasteiger partial charge is 0.496 e. The Kier molecular flexibility index (Phi) is 6.67. The van der Waals surface area contributed by atoms with Gasteiger partial charge in [-0.3, -0.25) is 4.90 Å². The molecule has 4 saturated carbocycles. The smallest absolute Gasteiger partial charge is 0.224 e. The van der Waals surface area contributed by atoms with Crippen LogP contribution in [0.4, 0.5) is 11.8 Å². The molecule has 5 atom stereocenters. The van der Waals surface area contributed by atoms with Crippen molar-refractivity contribution in [1.29, 1.82) is 5.26 Å². The van der Waals surface area contributed by atoms with Gasteiger partial charge in [-0.25, -0.2) is 4.98 Å². The van der Waals surface area contributed by atoms with E-state index in [9.17, 15) is 15.5 Å². The number of hydrogen-bond acceptors (Lipinski definition) is 9. The number of nitriles is 1. The third-order valence-corrected chi connectivity index (χ3v) is 9.69. The molecular weight excluding hydrogens is 480 g/mol. The second kappa shape index (κ2) is 9.99. The van der Waals surface area contributed by atoms with Crippen molar-refractivity contribution in [2.45, 2.75) is 44.7 Å². The summed E-state index contributed by atoms with van der Waals surface area (Å²) in [7, 11) is 1.66. The highest BCUT2D eigenvalue weighted by Gasteiger charge is 2.59. The van der Waals surface area contributed by atoms with Crippen molar-refractivity contribution in [1.82, 2.24) is 14.9 Å². The van der Waals surface area contributed by atoms with Crippen molar-refractivity contribution in [3.63, 3.8) is 0 Å². The van der Waals surface area contributed by atoms with Gasteiger partial charge in [-0.1, -0.05) is 18.2 Å². The molecule has 0 radical (unpaired) electrons. The molecule has 5 fully saturated rings. The maximum atomic E-state index is 9.76. The highest BCUT2D eigenvalue weighted by molar-refractivity contribution is 5.53. The molecule has 0 amide bonds. The molecule has 1 unspecified atom stereocenters. The Morgan fingerprint density at radius 2 is 1.84 bits per heavy atom. The number of nitrogens with zero attached hydrogens (tertiary/aromatic N) is 4. The summed E-state index contributed by atoms with van der Waals surface area (Å²) in [5.74, 6) is 3.98. The summed E-state index contributed by atoms with van der Waals surface area (Å²) in [6, 6.07) is 10.7. The van der Waals surface area contributed by atoms with E-state index in [2.05, 4.69) is 31.6 Å². The normalized spacial score (nSPS) is 30.9. The molecule has 1 aromatic heterocycles. The molecule has 1 aromatic carbocycles. The van der Waals surface area contributed by atoms with Crippen LogP contribution in [0.3, 0.4) is 0 Å². The van der Waals surface area contributed by atoms with E-state index < -0.39 is 0 Å². The summed E-state index contributed by atoms with van der Waals surface area (Å²) >= 11 is 0. The molecule has 4 bridgehead atoms. The number of hydrogen-bond donors (Lipinski definition) is 4. The monoisotopic (exact) mass is 518 g/mol. The van der Waals surface area contributed by atoms with Gasteiger partial charge in [-0.2, -0.15) is 10.2 Å². The van der Waals surface area contributed by atoms with Crippen LogP contribution in [0.1, 0.15) is 43.2 Å². The van der Waals surface area contributed by atoms with E-state index >= 15 is 0 Å². The lowest BCUT2D eigenvalue weighted by molar-refractivity contribution is -0.168. The first-order valence-corrected chi connectivity index (χ1v) is 13.8. The molecule has 202 valence electrons. The zero-order chi connectivity index (χ0) is 26.3. The molecule has 9 nitrogen and oxygen atoms in total. The van der Waals surface area contributed by atoms with Crippen molar-refractivity contribution in [2.75, 3.05) is 50.6 Å². The van der Waals surface area contributed by atoms with Crippen molar-refractivity contribution < 1.29 is 14.9 Å². The molecule has 4 N–H and O–H groups in total. The Morgan fingerprint density at radius 1 is 1.11 bits per heavy atom. The number of anilines is 2. The summed E-state index contributed by atoms with van der Waals surface area (Å²) in [5.41, 5.74) is 1.38. The zero-order valence-electron chi connectivity index (χ0n) is 22.1. The molecule has 0 spiro atoms. The summed E-state index contributed by atoms with van der Waals surface area (Å²) in [4.78, 5) is 11.6. The summed E-state index contributed by atoms with van der Waals surface area (Å²) in [6.07, 6.45) is 7.78. The summed E-state index contributed by atoms with van der Waals surface area (Å²) < 4.78 is 5.44. The van der Waals surface area contributed by atoms with Gasteiger partial charge in [0.2, 0.25) is 5.95 Å². The topological polar surface area (TPSA) is 127 Å². The minimum absolute atomic E-state index is 0.0639. The number of rotatable bonds is 10. The number of benzene rings is 1. The van der Waals surface area contributed by atoms with Gasteiger partial charge in [-0.05, 0) is 61.3 Å². The second-order valence-electron chi connectivity index (χ2n) is 12.3. The first-order valence-electron chi connectivity index (χ1n) is 13.8. The molecule has 2 aromatic rings. The quantitative estimate of drug-likeness (QED) is 0.375. The lowest BCUT2D eigenvalue weighted by Gasteiger charge is -2.65. The lowest BCUT2D eigenvalue weighted by atomic mass is 9.47. The molecule has 5 aliphatic rings. The fourth-order valence-electron chi connectivity index (χ4n) is 8.23. The predicted octanol–water partition coefficient (Wildman–Crippen LogP) is 2.86. The highest BCUT2D eigenvalue weighted by Crippen LogP contribution is 2.62. The van der Waals surface area contributed by atoms with E-state index in [0.717, 1.165) is 36.9 Å². The van der Waals surface area contributed by atoms with E-state index in [1.54, 1.807) is 13.3 Å². The number of likely N-dealkylation sites (tertiary alicyclic amines) is 1. The van der Waals surface area contributed by atoms with Gasteiger partial charge in [0.25, 0.3) is 0 Å². The predicted molar refractivity (Wildman–Crippen MR) is 144 cm³/mol. The molecule has 4 aliphatic carbocycles. The minimum Gasteiger partial charge on any atom is -0.496 e.